The third kappa shape index (κ3) is 7.50. The number of benzene rings is 1. The summed E-state index contributed by atoms with van der Waals surface area (Å²) in [7, 11) is 0. The number of rotatable bonds is 8. The molecule has 1 fully saturated rings. The second-order valence-corrected chi connectivity index (χ2v) is 6.96. The van der Waals surface area contributed by atoms with Crippen molar-refractivity contribution in [1.29, 1.82) is 0 Å². The molecule has 0 radical (unpaired) electrons. The topological polar surface area (TPSA) is 66.1 Å². The number of aromatic nitrogens is 1. The zero-order chi connectivity index (χ0) is 19.6. The molecule has 8 heteroatoms. The molecule has 7 nitrogen and oxygen atoms in total. The Kier molecular flexibility index (Phi) is 10.3. The van der Waals surface area contributed by atoms with E-state index in [0.717, 1.165) is 69.6 Å². The van der Waals surface area contributed by atoms with Crippen molar-refractivity contribution < 1.29 is 9.26 Å². The molecule has 0 aliphatic carbocycles. The van der Waals surface area contributed by atoms with Crippen molar-refractivity contribution >= 4 is 29.9 Å². The van der Waals surface area contributed by atoms with E-state index in [9.17, 15) is 0 Å². The maximum Gasteiger partial charge on any atom is 0.194 e. The SMILES string of the molecule is CCNC(=NCCCOc1ccccc1C)N1CCN(Cc2ccon2)CC1.I. The molecule has 2 aromatic rings. The average Bonchev–Trinajstić information content (AvgIpc) is 3.22. The first kappa shape index (κ1) is 23.5. The van der Waals surface area contributed by atoms with Crippen molar-refractivity contribution in [3.05, 3.63) is 47.9 Å². The Hall–Kier alpha value is -1.81. The van der Waals surface area contributed by atoms with Crippen molar-refractivity contribution in [2.45, 2.75) is 26.8 Å². The van der Waals surface area contributed by atoms with Gasteiger partial charge in [-0.15, -0.1) is 24.0 Å². The van der Waals surface area contributed by atoms with Crippen LogP contribution in [0.1, 0.15) is 24.6 Å². The summed E-state index contributed by atoms with van der Waals surface area (Å²) in [5.41, 5.74) is 2.16. The number of aryl methyl sites for hydroxylation is 1. The molecule has 0 atom stereocenters. The van der Waals surface area contributed by atoms with Gasteiger partial charge < -0.3 is 19.5 Å². The summed E-state index contributed by atoms with van der Waals surface area (Å²) in [5.74, 6) is 1.96. The third-order valence-corrected chi connectivity index (χ3v) is 4.80. The van der Waals surface area contributed by atoms with E-state index in [1.807, 2.05) is 24.3 Å². The van der Waals surface area contributed by atoms with E-state index in [1.165, 1.54) is 5.56 Å². The van der Waals surface area contributed by atoms with Crippen LogP contribution < -0.4 is 10.1 Å². The molecule has 160 valence electrons. The van der Waals surface area contributed by atoms with Crippen molar-refractivity contribution in [2.75, 3.05) is 45.9 Å². The molecule has 29 heavy (non-hydrogen) atoms. The quantitative estimate of drug-likeness (QED) is 0.253. The monoisotopic (exact) mass is 513 g/mol. The Morgan fingerprint density at radius 3 is 2.69 bits per heavy atom. The van der Waals surface area contributed by atoms with Crippen molar-refractivity contribution in [3.63, 3.8) is 0 Å². The van der Waals surface area contributed by atoms with Gasteiger partial charge in [-0.2, -0.15) is 0 Å². The summed E-state index contributed by atoms with van der Waals surface area (Å²) in [6, 6.07) is 10.0. The van der Waals surface area contributed by atoms with Gasteiger partial charge in [-0.1, -0.05) is 23.4 Å². The van der Waals surface area contributed by atoms with E-state index >= 15 is 0 Å². The molecule has 1 saturated heterocycles. The van der Waals surface area contributed by atoms with Gasteiger partial charge in [0, 0.05) is 58.3 Å². The Labute approximate surface area is 190 Å². The van der Waals surface area contributed by atoms with Crippen molar-refractivity contribution in [1.82, 2.24) is 20.3 Å². The predicted octanol–water partition coefficient (Wildman–Crippen LogP) is 3.15. The minimum Gasteiger partial charge on any atom is -0.493 e. The fourth-order valence-corrected chi connectivity index (χ4v) is 3.24. The molecule has 0 spiro atoms. The lowest BCUT2D eigenvalue weighted by molar-refractivity contribution is 0.169. The lowest BCUT2D eigenvalue weighted by atomic mass is 10.2. The molecule has 1 aromatic heterocycles. The van der Waals surface area contributed by atoms with Gasteiger partial charge in [0.05, 0.1) is 12.3 Å². The van der Waals surface area contributed by atoms with Crippen LogP contribution in [-0.4, -0.2) is 66.8 Å². The largest absolute Gasteiger partial charge is 0.493 e. The molecule has 2 heterocycles. The van der Waals surface area contributed by atoms with Crippen molar-refractivity contribution in [3.8, 4) is 5.75 Å². The maximum atomic E-state index is 5.86. The highest BCUT2D eigenvalue weighted by molar-refractivity contribution is 14.0. The highest BCUT2D eigenvalue weighted by Crippen LogP contribution is 2.16. The first-order chi connectivity index (χ1) is 13.8. The van der Waals surface area contributed by atoms with Crippen LogP contribution in [0.2, 0.25) is 0 Å². The molecule has 1 aliphatic rings. The maximum absolute atomic E-state index is 5.86. The summed E-state index contributed by atoms with van der Waals surface area (Å²) in [5, 5.41) is 7.42. The van der Waals surface area contributed by atoms with E-state index in [-0.39, 0.29) is 24.0 Å². The van der Waals surface area contributed by atoms with Crippen LogP contribution in [0.4, 0.5) is 0 Å². The summed E-state index contributed by atoms with van der Waals surface area (Å²) < 4.78 is 10.8. The normalized spacial score (nSPS) is 15.1. The zero-order valence-electron chi connectivity index (χ0n) is 17.3. The highest BCUT2D eigenvalue weighted by Gasteiger charge is 2.20. The lowest BCUT2D eigenvalue weighted by Gasteiger charge is -2.36. The molecule has 0 bridgehead atoms. The number of nitrogens with zero attached hydrogens (tertiary/aromatic N) is 4. The van der Waals surface area contributed by atoms with Crippen LogP contribution in [0.15, 0.2) is 46.1 Å². The minimum atomic E-state index is 0. The van der Waals surface area contributed by atoms with Gasteiger partial charge in [0.1, 0.15) is 12.0 Å². The number of para-hydroxylation sites is 1. The lowest BCUT2D eigenvalue weighted by Crippen LogP contribution is -2.52. The minimum absolute atomic E-state index is 0. The Morgan fingerprint density at radius 1 is 1.21 bits per heavy atom. The smallest absolute Gasteiger partial charge is 0.194 e. The molecule has 0 unspecified atom stereocenters. The summed E-state index contributed by atoms with van der Waals surface area (Å²) in [6.07, 6.45) is 2.53. The molecular weight excluding hydrogens is 481 g/mol. The predicted molar refractivity (Wildman–Crippen MR) is 126 cm³/mol. The highest BCUT2D eigenvalue weighted by atomic mass is 127. The van der Waals surface area contributed by atoms with Gasteiger partial charge in [0.25, 0.3) is 0 Å². The van der Waals surface area contributed by atoms with E-state index in [1.54, 1.807) is 6.26 Å². The van der Waals surface area contributed by atoms with Crippen LogP contribution in [0, 0.1) is 6.92 Å². The summed E-state index contributed by atoms with van der Waals surface area (Å²) in [6.45, 7) is 11.2. The molecule has 1 aromatic carbocycles. The van der Waals surface area contributed by atoms with Gasteiger partial charge in [-0.25, -0.2) is 0 Å². The molecule has 0 saturated carbocycles. The van der Waals surface area contributed by atoms with Gasteiger partial charge in [0.2, 0.25) is 0 Å². The number of ether oxygens (including phenoxy) is 1. The van der Waals surface area contributed by atoms with Gasteiger partial charge in [0.15, 0.2) is 5.96 Å². The van der Waals surface area contributed by atoms with Crippen LogP contribution >= 0.6 is 24.0 Å². The standard InChI is InChI=1S/C21H31N5O2.HI/c1-3-22-21(23-10-6-15-27-20-8-5-4-7-18(20)2)26-13-11-25(12-14-26)17-19-9-16-28-24-19;/h4-5,7-9,16H,3,6,10-15,17H2,1-2H3,(H,22,23);1H. The first-order valence-corrected chi connectivity index (χ1v) is 10.1. The molecule has 0 amide bonds. The van der Waals surface area contributed by atoms with Gasteiger partial charge in [-0.3, -0.25) is 9.89 Å². The number of hydrogen-bond acceptors (Lipinski definition) is 5. The van der Waals surface area contributed by atoms with Gasteiger partial charge >= 0.3 is 0 Å². The van der Waals surface area contributed by atoms with E-state index in [0.29, 0.717) is 6.61 Å². The van der Waals surface area contributed by atoms with Crippen LogP contribution in [0.25, 0.3) is 0 Å². The van der Waals surface area contributed by atoms with E-state index in [2.05, 4.69) is 40.2 Å². The fraction of sp³-hybridized carbons (Fsp3) is 0.524. The van der Waals surface area contributed by atoms with Crippen molar-refractivity contribution in [2.24, 2.45) is 4.99 Å². The third-order valence-electron chi connectivity index (χ3n) is 4.80. The Balaban J connectivity index is 0.00000300. The second kappa shape index (κ2) is 12.7. The summed E-state index contributed by atoms with van der Waals surface area (Å²) in [4.78, 5) is 9.53. The summed E-state index contributed by atoms with van der Waals surface area (Å²) >= 11 is 0. The van der Waals surface area contributed by atoms with Crippen LogP contribution in [-0.2, 0) is 6.54 Å². The molecule has 1 aliphatic heterocycles. The number of aliphatic imine (C=N–C) groups is 1. The molecular formula is C21H32IN5O2. The zero-order valence-corrected chi connectivity index (χ0v) is 19.7. The second-order valence-electron chi connectivity index (χ2n) is 6.96. The first-order valence-electron chi connectivity index (χ1n) is 10.1. The van der Waals surface area contributed by atoms with E-state index < -0.39 is 0 Å². The average molecular weight is 513 g/mol. The molecule has 1 N–H and O–H groups in total. The number of hydrogen-bond donors (Lipinski definition) is 1. The number of guanidine groups is 1. The fourth-order valence-electron chi connectivity index (χ4n) is 3.24. The Bertz CT molecular complexity index is 730. The molecule has 3 rings (SSSR count). The van der Waals surface area contributed by atoms with E-state index in [4.69, 9.17) is 14.3 Å². The number of piperazine rings is 1. The number of halogens is 1. The van der Waals surface area contributed by atoms with Crippen LogP contribution in [0.5, 0.6) is 5.75 Å². The Morgan fingerprint density at radius 2 is 2.00 bits per heavy atom. The van der Waals surface area contributed by atoms with Gasteiger partial charge in [-0.05, 0) is 25.5 Å². The van der Waals surface area contributed by atoms with Crippen LogP contribution in [0.3, 0.4) is 0 Å². The number of nitrogens with one attached hydrogen (secondary N) is 1.